The molecule has 2 aromatic heterocycles. The Balaban J connectivity index is 1.60. The molecule has 4 rings (SSSR count). The molecular formula is C29H40N4O5. The second-order valence-corrected chi connectivity index (χ2v) is 10.7. The Hall–Kier alpha value is -3.01. The predicted molar refractivity (Wildman–Crippen MR) is 147 cm³/mol. The van der Waals surface area contributed by atoms with E-state index in [4.69, 9.17) is 14.5 Å². The number of nitrogens with one attached hydrogen (secondary N) is 1. The van der Waals surface area contributed by atoms with Crippen LogP contribution in [0.15, 0.2) is 35.3 Å². The monoisotopic (exact) mass is 524 g/mol. The van der Waals surface area contributed by atoms with Crippen molar-refractivity contribution in [2.24, 2.45) is 13.0 Å². The summed E-state index contributed by atoms with van der Waals surface area (Å²) < 4.78 is 14.7. The summed E-state index contributed by atoms with van der Waals surface area (Å²) in [7, 11) is 1.77. The highest BCUT2D eigenvalue weighted by Gasteiger charge is 2.25. The molecule has 1 saturated heterocycles. The number of pyridine rings is 1. The van der Waals surface area contributed by atoms with Crippen LogP contribution >= 0.6 is 0 Å². The van der Waals surface area contributed by atoms with Gasteiger partial charge in [0.05, 0.1) is 23.2 Å². The molecule has 1 fully saturated rings. The molecule has 2 N–H and O–H groups in total. The molecule has 3 heterocycles. The van der Waals surface area contributed by atoms with Gasteiger partial charge in [-0.05, 0) is 76.6 Å². The molecule has 0 bridgehead atoms. The van der Waals surface area contributed by atoms with Crippen LogP contribution in [0.5, 0.6) is 0 Å². The lowest BCUT2D eigenvalue weighted by molar-refractivity contribution is -0.152. The van der Waals surface area contributed by atoms with Crippen LogP contribution < -0.4 is 10.9 Å². The number of aliphatic hydroxyl groups excluding tert-OH is 1. The summed E-state index contributed by atoms with van der Waals surface area (Å²) in [5.74, 6) is 0.904. The summed E-state index contributed by atoms with van der Waals surface area (Å²) in [4.78, 5) is 29.7. The number of hydrogen-bond acceptors (Lipinski definition) is 7. The number of aryl methyl sites for hydroxylation is 2. The summed E-state index contributed by atoms with van der Waals surface area (Å²) in [6.07, 6.45) is 3.44. The van der Waals surface area contributed by atoms with Crippen molar-refractivity contribution >= 4 is 17.0 Å². The number of aliphatic hydroxyl groups is 1. The van der Waals surface area contributed by atoms with Gasteiger partial charge in [-0.25, -0.2) is 4.98 Å². The standard InChI is InChI=1S/C29H40N4O5/c1-18(2)38-29(36)26(20(4)34)30-11-8-21-6-7-25-24(15-21)31-27(23-14-19(3)28(35)32(5)17-23)33(25)16-22-9-12-37-13-10-22/h6-7,14-15,17-18,20,22,26,30,34H,8-13,16H2,1-5H3/t20-,26+/m1/s1. The van der Waals surface area contributed by atoms with Crippen molar-refractivity contribution in [2.75, 3.05) is 19.8 Å². The van der Waals surface area contributed by atoms with Gasteiger partial charge in [-0.3, -0.25) is 9.59 Å². The Bertz CT molecular complexity index is 1290. The number of benzene rings is 1. The average molecular weight is 525 g/mol. The topological polar surface area (TPSA) is 108 Å². The molecule has 0 saturated carbocycles. The summed E-state index contributed by atoms with van der Waals surface area (Å²) >= 11 is 0. The maximum Gasteiger partial charge on any atom is 0.326 e. The van der Waals surface area contributed by atoms with Crippen LogP contribution in [0.1, 0.15) is 44.7 Å². The number of hydrogen-bond donors (Lipinski definition) is 2. The summed E-state index contributed by atoms with van der Waals surface area (Å²) in [5, 5.41) is 13.2. The first-order chi connectivity index (χ1) is 18.1. The SMILES string of the molecule is Cc1cc(-c2nc3cc(CCN[C@H](C(=O)OC(C)C)[C@@H](C)O)ccc3n2CC2CCOCC2)cn(C)c1=O. The molecule has 0 amide bonds. The Morgan fingerprint density at radius 3 is 2.63 bits per heavy atom. The third-order valence-electron chi connectivity index (χ3n) is 7.08. The Morgan fingerprint density at radius 1 is 1.24 bits per heavy atom. The molecule has 38 heavy (non-hydrogen) atoms. The molecule has 0 unspecified atom stereocenters. The fourth-order valence-corrected chi connectivity index (χ4v) is 5.05. The lowest BCUT2D eigenvalue weighted by Crippen LogP contribution is -2.47. The van der Waals surface area contributed by atoms with Crippen molar-refractivity contribution in [3.05, 3.63) is 51.9 Å². The van der Waals surface area contributed by atoms with Crippen molar-refractivity contribution in [1.82, 2.24) is 19.4 Å². The smallest absolute Gasteiger partial charge is 0.326 e. The number of ether oxygens (including phenoxy) is 2. The third kappa shape index (κ3) is 6.51. The van der Waals surface area contributed by atoms with Crippen LogP contribution in [0.4, 0.5) is 0 Å². The number of esters is 1. The number of carbonyl (C=O) groups is 1. The second-order valence-electron chi connectivity index (χ2n) is 10.7. The van der Waals surface area contributed by atoms with E-state index in [1.54, 1.807) is 32.4 Å². The van der Waals surface area contributed by atoms with E-state index in [1.807, 2.05) is 19.2 Å². The summed E-state index contributed by atoms with van der Waals surface area (Å²) in [6.45, 7) is 9.90. The minimum atomic E-state index is -0.863. The van der Waals surface area contributed by atoms with Crippen molar-refractivity contribution < 1.29 is 19.4 Å². The lowest BCUT2D eigenvalue weighted by atomic mass is 10.00. The van der Waals surface area contributed by atoms with Gasteiger partial charge in [0.1, 0.15) is 11.9 Å². The Labute approximate surface area is 223 Å². The van der Waals surface area contributed by atoms with Crippen LogP contribution in [0.25, 0.3) is 22.4 Å². The van der Waals surface area contributed by atoms with E-state index in [0.717, 1.165) is 60.6 Å². The zero-order valence-electron chi connectivity index (χ0n) is 23.1. The highest BCUT2D eigenvalue weighted by molar-refractivity contribution is 5.81. The van der Waals surface area contributed by atoms with Gasteiger partial charge >= 0.3 is 5.97 Å². The first-order valence-corrected chi connectivity index (χ1v) is 13.5. The van der Waals surface area contributed by atoms with Crippen LogP contribution in [0.2, 0.25) is 0 Å². The van der Waals surface area contributed by atoms with E-state index < -0.39 is 18.1 Å². The minimum Gasteiger partial charge on any atom is -0.462 e. The van der Waals surface area contributed by atoms with E-state index in [0.29, 0.717) is 24.4 Å². The van der Waals surface area contributed by atoms with E-state index in [-0.39, 0.29) is 11.7 Å². The molecule has 206 valence electrons. The van der Waals surface area contributed by atoms with E-state index in [9.17, 15) is 14.7 Å². The van der Waals surface area contributed by atoms with Crippen molar-refractivity contribution in [1.29, 1.82) is 0 Å². The molecule has 9 nitrogen and oxygen atoms in total. The highest BCUT2D eigenvalue weighted by Crippen LogP contribution is 2.29. The van der Waals surface area contributed by atoms with Gasteiger partial charge in [-0.15, -0.1) is 0 Å². The van der Waals surface area contributed by atoms with Gasteiger partial charge < -0.3 is 29.0 Å². The van der Waals surface area contributed by atoms with Crippen LogP contribution in [0.3, 0.4) is 0 Å². The fourth-order valence-electron chi connectivity index (χ4n) is 5.05. The summed E-state index contributed by atoms with van der Waals surface area (Å²) in [6, 6.07) is 7.42. The summed E-state index contributed by atoms with van der Waals surface area (Å²) in [5.41, 5.74) is 4.61. The normalized spacial score (nSPS) is 16.2. The highest BCUT2D eigenvalue weighted by atomic mass is 16.5. The molecule has 3 aromatic rings. The third-order valence-corrected chi connectivity index (χ3v) is 7.08. The molecule has 1 aromatic carbocycles. The number of rotatable bonds is 10. The molecule has 0 spiro atoms. The first kappa shape index (κ1) is 28.0. The maximum absolute atomic E-state index is 12.3. The fraction of sp³-hybridized carbons (Fsp3) is 0.552. The Morgan fingerprint density at radius 2 is 1.97 bits per heavy atom. The maximum atomic E-state index is 12.3. The van der Waals surface area contributed by atoms with Crippen molar-refractivity contribution in [2.45, 2.75) is 71.8 Å². The van der Waals surface area contributed by atoms with Crippen LogP contribution in [0, 0.1) is 12.8 Å². The van der Waals surface area contributed by atoms with Crippen LogP contribution in [-0.4, -0.2) is 63.2 Å². The molecule has 1 aliphatic rings. The van der Waals surface area contributed by atoms with Crippen molar-refractivity contribution in [3.63, 3.8) is 0 Å². The average Bonchev–Trinajstić information content (AvgIpc) is 3.22. The van der Waals surface area contributed by atoms with Crippen molar-refractivity contribution in [3.8, 4) is 11.4 Å². The number of aromatic nitrogens is 3. The number of carbonyl (C=O) groups excluding carboxylic acids is 1. The van der Waals surface area contributed by atoms with Gasteiger partial charge in [0, 0.05) is 50.7 Å². The second kappa shape index (κ2) is 12.2. The quantitative estimate of drug-likeness (QED) is 0.393. The van der Waals surface area contributed by atoms with E-state index in [2.05, 4.69) is 28.1 Å². The number of imidazole rings is 1. The molecule has 1 aliphatic heterocycles. The number of fused-ring (bicyclic) bond motifs is 1. The Kier molecular flexibility index (Phi) is 9.02. The first-order valence-electron chi connectivity index (χ1n) is 13.5. The lowest BCUT2D eigenvalue weighted by Gasteiger charge is -2.23. The zero-order valence-corrected chi connectivity index (χ0v) is 23.1. The molecule has 0 aliphatic carbocycles. The zero-order chi connectivity index (χ0) is 27.4. The molecule has 0 radical (unpaired) electrons. The van der Waals surface area contributed by atoms with Gasteiger partial charge in [0.2, 0.25) is 0 Å². The number of nitrogens with zero attached hydrogens (tertiary/aromatic N) is 3. The molecule has 9 heteroatoms. The molecular weight excluding hydrogens is 484 g/mol. The minimum absolute atomic E-state index is 0.0107. The van der Waals surface area contributed by atoms with E-state index in [1.165, 1.54) is 0 Å². The van der Waals surface area contributed by atoms with Gasteiger partial charge in [-0.2, -0.15) is 0 Å². The van der Waals surface area contributed by atoms with Gasteiger partial charge in [0.15, 0.2) is 0 Å². The molecule has 2 atom stereocenters. The largest absolute Gasteiger partial charge is 0.462 e. The van der Waals surface area contributed by atoms with Gasteiger partial charge in [0.25, 0.3) is 5.56 Å². The van der Waals surface area contributed by atoms with E-state index >= 15 is 0 Å². The predicted octanol–water partition coefficient (Wildman–Crippen LogP) is 2.97. The van der Waals surface area contributed by atoms with Crippen LogP contribution in [-0.2, 0) is 34.3 Å². The van der Waals surface area contributed by atoms with Gasteiger partial charge in [-0.1, -0.05) is 6.07 Å².